The summed E-state index contributed by atoms with van der Waals surface area (Å²) in [6.07, 6.45) is 2.57. The van der Waals surface area contributed by atoms with E-state index in [9.17, 15) is 4.79 Å². The molecule has 0 atom stereocenters. The van der Waals surface area contributed by atoms with Gasteiger partial charge in [0.1, 0.15) is 5.78 Å². The lowest BCUT2D eigenvalue weighted by atomic mass is 10.3. The highest BCUT2D eigenvalue weighted by molar-refractivity contribution is 8.01. The van der Waals surface area contributed by atoms with Crippen molar-refractivity contribution in [2.45, 2.75) is 30.5 Å². The number of thioether (sulfide) groups is 1. The van der Waals surface area contributed by atoms with Crippen molar-refractivity contribution in [2.24, 2.45) is 0 Å². The summed E-state index contributed by atoms with van der Waals surface area (Å²) in [7, 11) is 0. The number of Topliss-reactive ketones (excluding diaryl/α,β-unsaturated/α-hetero) is 1. The Labute approximate surface area is 131 Å². The summed E-state index contributed by atoms with van der Waals surface area (Å²) in [6, 6.07) is 4.21. The Morgan fingerprint density at radius 3 is 3.10 bits per heavy atom. The summed E-state index contributed by atoms with van der Waals surface area (Å²) in [5.41, 5.74) is 0. The van der Waals surface area contributed by atoms with Crippen LogP contribution < -0.4 is 5.32 Å². The van der Waals surface area contributed by atoms with E-state index < -0.39 is 0 Å². The molecule has 2 aromatic heterocycles. The molecule has 0 aliphatic rings. The molecule has 0 saturated heterocycles. The van der Waals surface area contributed by atoms with E-state index in [1.54, 1.807) is 41.4 Å². The van der Waals surface area contributed by atoms with Crippen LogP contribution in [-0.4, -0.2) is 28.3 Å². The van der Waals surface area contributed by atoms with Crippen molar-refractivity contribution < 1.29 is 4.79 Å². The van der Waals surface area contributed by atoms with Crippen molar-refractivity contribution >= 4 is 45.4 Å². The standard InChI is InChI=1S/C13H17N3OS3/c1-10(17)4-2-9-19-13-16-15-12(20-13)14-7-6-11-5-3-8-18-11/h3,5,8H,2,4,6-7,9H2,1H3,(H,14,15). The molecule has 0 aliphatic carbocycles. The summed E-state index contributed by atoms with van der Waals surface area (Å²) in [4.78, 5) is 12.2. The van der Waals surface area contributed by atoms with E-state index in [0.717, 1.165) is 34.6 Å². The Bertz CT molecular complexity index is 525. The molecule has 0 unspecified atom stereocenters. The van der Waals surface area contributed by atoms with Crippen LogP contribution in [0.3, 0.4) is 0 Å². The molecule has 1 N–H and O–H groups in total. The van der Waals surface area contributed by atoms with Crippen molar-refractivity contribution in [1.82, 2.24) is 10.2 Å². The second kappa shape index (κ2) is 8.39. The summed E-state index contributed by atoms with van der Waals surface area (Å²) >= 11 is 5.02. The van der Waals surface area contributed by atoms with E-state index in [1.807, 2.05) is 0 Å². The smallest absolute Gasteiger partial charge is 0.206 e. The van der Waals surface area contributed by atoms with Crippen molar-refractivity contribution in [3.8, 4) is 0 Å². The molecule has 108 valence electrons. The lowest BCUT2D eigenvalue weighted by Crippen LogP contribution is -2.03. The second-order valence-electron chi connectivity index (χ2n) is 4.28. The van der Waals surface area contributed by atoms with E-state index in [0.29, 0.717) is 6.42 Å². The van der Waals surface area contributed by atoms with Gasteiger partial charge in [-0.1, -0.05) is 29.2 Å². The fraction of sp³-hybridized carbons (Fsp3) is 0.462. The summed E-state index contributed by atoms with van der Waals surface area (Å²) in [6.45, 7) is 2.51. The van der Waals surface area contributed by atoms with Crippen LogP contribution >= 0.6 is 34.4 Å². The zero-order chi connectivity index (χ0) is 14.2. The summed E-state index contributed by atoms with van der Waals surface area (Å²) in [5, 5.41) is 14.5. The van der Waals surface area contributed by atoms with Gasteiger partial charge in [0.2, 0.25) is 5.13 Å². The number of nitrogens with one attached hydrogen (secondary N) is 1. The predicted octanol–water partition coefficient (Wildman–Crippen LogP) is 3.72. The van der Waals surface area contributed by atoms with E-state index in [4.69, 9.17) is 0 Å². The van der Waals surface area contributed by atoms with Gasteiger partial charge in [-0.3, -0.25) is 0 Å². The topological polar surface area (TPSA) is 54.9 Å². The average Bonchev–Trinajstić information content (AvgIpc) is 3.06. The van der Waals surface area contributed by atoms with Crippen LogP contribution in [0.5, 0.6) is 0 Å². The van der Waals surface area contributed by atoms with Gasteiger partial charge in [0.25, 0.3) is 0 Å². The maximum absolute atomic E-state index is 10.8. The van der Waals surface area contributed by atoms with Gasteiger partial charge in [0.05, 0.1) is 0 Å². The van der Waals surface area contributed by atoms with Crippen LogP contribution in [0.25, 0.3) is 0 Å². The fourth-order valence-electron chi connectivity index (χ4n) is 1.57. The third-order valence-electron chi connectivity index (χ3n) is 2.53. The highest BCUT2D eigenvalue weighted by atomic mass is 32.2. The largest absolute Gasteiger partial charge is 0.360 e. The monoisotopic (exact) mass is 327 g/mol. The Hall–Kier alpha value is -0.920. The quantitative estimate of drug-likeness (QED) is 0.562. The Kier molecular flexibility index (Phi) is 6.49. The zero-order valence-corrected chi connectivity index (χ0v) is 13.7. The lowest BCUT2D eigenvalue weighted by molar-refractivity contribution is -0.117. The SMILES string of the molecule is CC(=O)CCCSc1nnc(NCCc2cccs2)s1. The van der Waals surface area contributed by atoms with Crippen molar-refractivity contribution in [3.05, 3.63) is 22.4 Å². The highest BCUT2D eigenvalue weighted by Crippen LogP contribution is 2.26. The minimum absolute atomic E-state index is 0.249. The molecular formula is C13H17N3OS3. The number of thiophene rings is 1. The van der Waals surface area contributed by atoms with E-state index in [-0.39, 0.29) is 5.78 Å². The van der Waals surface area contributed by atoms with Crippen LogP contribution in [-0.2, 0) is 11.2 Å². The first-order valence-electron chi connectivity index (χ1n) is 6.46. The molecule has 0 spiro atoms. The van der Waals surface area contributed by atoms with Gasteiger partial charge >= 0.3 is 0 Å². The summed E-state index contributed by atoms with van der Waals surface area (Å²) < 4.78 is 0.965. The minimum Gasteiger partial charge on any atom is -0.360 e. The molecule has 2 heterocycles. The van der Waals surface area contributed by atoms with Gasteiger partial charge in [-0.25, -0.2) is 0 Å². The third-order valence-corrected chi connectivity index (χ3v) is 5.57. The number of nitrogens with zero attached hydrogens (tertiary/aromatic N) is 2. The van der Waals surface area contributed by atoms with Crippen LogP contribution in [0.2, 0.25) is 0 Å². The summed E-state index contributed by atoms with van der Waals surface area (Å²) in [5.74, 6) is 1.17. The predicted molar refractivity (Wildman–Crippen MR) is 87.1 cm³/mol. The maximum Gasteiger partial charge on any atom is 0.206 e. The van der Waals surface area contributed by atoms with Gasteiger partial charge in [0, 0.05) is 23.6 Å². The molecule has 0 saturated carbocycles. The molecule has 20 heavy (non-hydrogen) atoms. The first kappa shape index (κ1) is 15.5. The molecular weight excluding hydrogens is 310 g/mol. The van der Waals surface area contributed by atoms with Crippen LogP contribution in [0.1, 0.15) is 24.6 Å². The number of carbonyl (C=O) groups excluding carboxylic acids is 1. The number of hydrogen-bond donors (Lipinski definition) is 1. The second-order valence-corrected chi connectivity index (χ2v) is 7.64. The number of hydrogen-bond acceptors (Lipinski definition) is 7. The van der Waals surface area contributed by atoms with Crippen molar-refractivity contribution in [1.29, 1.82) is 0 Å². The molecule has 0 aliphatic heterocycles. The highest BCUT2D eigenvalue weighted by Gasteiger charge is 2.04. The van der Waals surface area contributed by atoms with Gasteiger partial charge in [-0.15, -0.1) is 21.5 Å². The first-order valence-corrected chi connectivity index (χ1v) is 9.14. The van der Waals surface area contributed by atoms with Crippen molar-refractivity contribution in [2.75, 3.05) is 17.6 Å². The molecule has 0 radical (unpaired) electrons. The van der Waals surface area contributed by atoms with Crippen LogP contribution in [0, 0.1) is 0 Å². The van der Waals surface area contributed by atoms with Gasteiger partial charge in [-0.2, -0.15) is 0 Å². The van der Waals surface area contributed by atoms with Crippen LogP contribution in [0.15, 0.2) is 21.9 Å². The normalized spacial score (nSPS) is 10.7. The Morgan fingerprint density at radius 2 is 2.35 bits per heavy atom. The molecule has 0 bridgehead atoms. The van der Waals surface area contributed by atoms with Gasteiger partial charge < -0.3 is 10.1 Å². The van der Waals surface area contributed by atoms with Crippen LogP contribution in [0.4, 0.5) is 5.13 Å². The first-order chi connectivity index (χ1) is 9.74. The number of aromatic nitrogens is 2. The average molecular weight is 328 g/mol. The molecule has 7 heteroatoms. The molecule has 2 rings (SSSR count). The number of anilines is 1. The molecule has 0 fully saturated rings. The van der Waals surface area contributed by atoms with Crippen molar-refractivity contribution in [3.63, 3.8) is 0 Å². The fourth-order valence-corrected chi connectivity index (χ4v) is 4.06. The number of carbonyl (C=O) groups is 1. The van der Waals surface area contributed by atoms with Gasteiger partial charge in [0.15, 0.2) is 4.34 Å². The van der Waals surface area contributed by atoms with E-state index in [2.05, 4.69) is 33.0 Å². The number of ketones is 1. The maximum atomic E-state index is 10.8. The minimum atomic E-state index is 0.249. The zero-order valence-electron chi connectivity index (χ0n) is 11.3. The van der Waals surface area contributed by atoms with Gasteiger partial charge in [-0.05, 0) is 31.2 Å². The van der Waals surface area contributed by atoms with E-state index in [1.165, 1.54) is 4.88 Å². The molecule has 0 aromatic carbocycles. The Balaban J connectivity index is 1.65. The molecule has 0 amide bonds. The molecule has 4 nitrogen and oxygen atoms in total. The third kappa shape index (κ3) is 5.60. The van der Waals surface area contributed by atoms with E-state index >= 15 is 0 Å². The molecule has 2 aromatic rings. The lowest BCUT2D eigenvalue weighted by Gasteiger charge is -1.99. The number of rotatable bonds is 9. The Morgan fingerprint density at radius 1 is 1.45 bits per heavy atom.